The van der Waals surface area contributed by atoms with Crippen LogP contribution in [0.1, 0.15) is 43.4 Å². The van der Waals surface area contributed by atoms with E-state index in [9.17, 15) is 9.59 Å². The number of nitrogens with zero attached hydrogens (tertiary/aromatic N) is 1. The average molecular weight is 488 g/mol. The molecule has 34 heavy (non-hydrogen) atoms. The van der Waals surface area contributed by atoms with Crippen LogP contribution in [0.5, 0.6) is 5.75 Å². The van der Waals surface area contributed by atoms with E-state index >= 15 is 0 Å². The number of carbonyl (C=O) groups excluding carboxylic acids is 2. The fourth-order valence-corrected chi connectivity index (χ4v) is 4.14. The van der Waals surface area contributed by atoms with Gasteiger partial charge in [-0.05, 0) is 55.3 Å². The zero-order valence-corrected chi connectivity index (χ0v) is 20.6. The van der Waals surface area contributed by atoms with E-state index < -0.39 is 6.04 Å². The average Bonchev–Trinajstić information content (AvgIpc) is 2.83. The molecule has 0 spiro atoms. The molecular weight excluding hydrogens is 454 g/mol. The monoisotopic (exact) mass is 487 g/mol. The van der Waals surface area contributed by atoms with Crippen molar-refractivity contribution < 1.29 is 19.1 Å². The molecule has 1 saturated heterocycles. The number of ether oxygens (including phenoxy) is 2. The zero-order chi connectivity index (χ0) is 24.3. The second-order valence-corrected chi connectivity index (χ2v) is 9.04. The first-order valence-electron chi connectivity index (χ1n) is 11.7. The molecule has 8 heteroatoms. The summed E-state index contributed by atoms with van der Waals surface area (Å²) in [7, 11) is 2.13. The minimum absolute atomic E-state index is 0.135. The Balaban J connectivity index is 1.46. The van der Waals surface area contributed by atoms with Gasteiger partial charge in [0.1, 0.15) is 12.4 Å². The number of amides is 2. The fourth-order valence-electron chi connectivity index (χ4n) is 4.01. The normalized spacial score (nSPS) is 15.1. The molecule has 1 atom stereocenters. The molecule has 0 aromatic heterocycles. The molecule has 1 unspecified atom stereocenters. The summed E-state index contributed by atoms with van der Waals surface area (Å²) >= 11 is 5.96. The molecule has 0 aliphatic carbocycles. The van der Waals surface area contributed by atoms with Gasteiger partial charge in [0, 0.05) is 44.3 Å². The van der Waals surface area contributed by atoms with Crippen molar-refractivity contribution in [3.63, 3.8) is 0 Å². The summed E-state index contributed by atoms with van der Waals surface area (Å²) in [6, 6.07) is 15.0. The third-order valence-corrected chi connectivity index (χ3v) is 6.21. The van der Waals surface area contributed by atoms with E-state index in [2.05, 4.69) is 22.6 Å². The second-order valence-electron chi connectivity index (χ2n) is 8.61. The molecule has 2 amide bonds. The number of benzene rings is 2. The molecule has 1 fully saturated rings. The Morgan fingerprint density at radius 3 is 2.62 bits per heavy atom. The van der Waals surface area contributed by atoms with Gasteiger partial charge in [-0.25, -0.2) is 0 Å². The van der Waals surface area contributed by atoms with Crippen LogP contribution < -0.4 is 15.4 Å². The molecule has 2 aromatic carbocycles. The number of hydrogen-bond acceptors (Lipinski definition) is 5. The number of nitrogens with one attached hydrogen (secondary N) is 2. The van der Waals surface area contributed by atoms with Gasteiger partial charge in [0.05, 0.1) is 12.5 Å². The number of hydrogen-bond donors (Lipinski definition) is 2. The SMILES string of the molecule is CC(=O)NC(CC(=O)NCc1cccc(OCCN(C)C2CCOCC2)c1)c1ccc(Cl)cc1. The van der Waals surface area contributed by atoms with E-state index in [0.29, 0.717) is 24.2 Å². The Hall–Kier alpha value is -2.61. The maximum atomic E-state index is 12.6. The van der Waals surface area contributed by atoms with Gasteiger partial charge in [-0.3, -0.25) is 14.5 Å². The van der Waals surface area contributed by atoms with Crippen LogP contribution in [0.2, 0.25) is 5.02 Å². The van der Waals surface area contributed by atoms with Crippen molar-refractivity contribution in [2.75, 3.05) is 33.4 Å². The van der Waals surface area contributed by atoms with Gasteiger partial charge >= 0.3 is 0 Å². The number of halogens is 1. The van der Waals surface area contributed by atoms with Crippen molar-refractivity contribution in [2.24, 2.45) is 0 Å². The third-order valence-electron chi connectivity index (χ3n) is 5.95. The summed E-state index contributed by atoms with van der Waals surface area (Å²) in [6.07, 6.45) is 2.26. The predicted molar refractivity (Wildman–Crippen MR) is 133 cm³/mol. The van der Waals surface area contributed by atoms with Crippen LogP contribution in [0, 0.1) is 0 Å². The largest absolute Gasteiger partial charge is 0.492 e. The summed E-state index contributed by atoms with van der Waals surface area (Å²) in [5.41, 5.74) is 1.78. The summed E-state index contributed by atoms with van der Waals surface area (Å²) in [6.45, 7) is 4.92. The Morgan fingerprint density at radius 1 is 1.18 bits per heavy atom. The molecular formula is C26H34ClN3O4. The van der Waals surface area contributed by atoms with Crippen LogP contribution in [0.3, 0.4) is 0 Å². The summed E-state index contributed by atoms with van der Waals surface area (Å²) in [5, 5.41) is 6.38. The predicted octanol–water partition coefficient (Wildman–Crippen LogP) is 3.71. The lowest BCUT2D eigenvalue weighted by atomic mass is 10.0. The van der Waals surface area contributed by atoms with E-state index in [4.69, 9.17) is 21.1 Å². The lowest BCUT2D eigenvalue weighted by Gasteiger charge is -2.31. The van der Waals surface area contributed by atoms with Gasteiger partial charge in [-0.2, -0.15) is 0 Å². The van der Waals surface area contributed by atoms with Crippen LogP contribution >= 0.6 is 11.6 Å². The van der Waals surface area contributed by atoms with Gasteiger partial charge in [-0.15, -0.1) is 0 Å². The van der Waals surface area contributed by atoms with Gasteiger partial charge < -0.3 is 20.1 Å². The van der Waals surface area contributed by atoms with Crippen molar-refractivity contribution in [1.29, 1.82) is 0 Å². The summed E-state index contributed by atoms with van der Waals surface area (Å²) in [5.74, 6) is 0.433. The van der Waals surface area contributed by atoms with Gasteiger partial charge in [0.2, 0.25) is 11.8 Å². The van der Waals surface area contributed by atoms with Crippen LogP contribution in [0.15, 0.2) is 48.5 Å². The molecule has 0 bridgehead atoms. The standard InChI is InChI=1S/C26H34ClN3O4/c1-19(31)29-25(21-6-8-22(27)9-7-21)17-26(32)28-18-20-4-3-5-24(16-20)34-15-12-30(2)23-10-13-33-14-11-23/h3-9,16,23,25H,10-15,17-18H2,1-2H3,(H,28,32)(H,29,31). The van der Waals surface area contributed by atoms with Gasteiger partial charge in [0.15, 0.2) is 0 Å². The highest BCUT2D eigenvalue weighted by atomic mass is 35.5. The van der Waals surface area contributed by atoms with E-state index in [1.165, 1.54) is 6.92 Å². The fraction of sp³-hybridized carbons (Fsp3) is 0.462. The van der Waals surface area contributed by atoms with Crippen LogP contribution in [-0.4, -0.2) is 56.2 Å². The van der Waals surface area contributed by atoms with Crippen molar-refractivity contribution >= 4 is 23.4 Å². The summed E-state index contributed by atoms with van der Waals surface area (Å²) < 4.78 is 11.4. The molecule has 2 N–H and O–H groups in total. The molecule has 1 aliphatic heterocycles. The first kappa shape index (κ1) is 26.0. The first-order valence-corrected chi connectivity index (χ1v) is 12.1. The lowest BCUT2D eigenvalue weighted by Crippen LogP contribution is -2.38. The molecule has 184 valence electrons. The summed E-state index contributed by atoms with van der Waals surface area (Å²) in [4.78, 5) is 26.5. The quantitative estimate of drug-likeness (QED) is 0.505. The van der Waals surface area contributed by atoms with Gasteiger partial charge in [0.25, 0.3) is 0 Å². The maximum absolute atomic E-state index is 12.6. The highest BCUT2D eigenvalue weighted by Crippen LogP contribution is 2.20. The second kappa shape index (κ2) is 13.3. The highest BCUT2D eigenvalue weighted by molar-refractivity contribution is 6.30. The van der Waals surface area contributed by atoms with E-state index in [1.807, 2.05) is 36.4 Å². The van der Waals surface area contributed by atoms with Crippen molar-refractivity contribution in [1.82, 2.24) is 15.5 Å². The van der Waals surface area contributed by atoms with Gasteiger partial charge in [-0.1, -0.05) is 35.9 Å². The van der Waals surface area contributed by atoms with E-state index in [0.717, 1.165) is 49.5 Å². The van der Waals surface area contributed by atoms with Crippen LogP contribution in [0.4, 0.5) is 0 Å². The molecule has 2 aromatic rings. The molecule has 7 nitrogen and oxygen atoms in total. The Labute approximate surface area is 206 Å². The first-order chi connectivity index (χ1) is 16.4. The third kappa shape index (κ3) is 8.63. The number of carbonyl (C=O) groups is 2. The van der Waals surface area contributed by atoms with E-state index in [1.54, 1.807) is 12.1 Å². The molecule has 0 saturated carbocycles. The smallest absolute Gasteiger partial charge is 0.222 e. The van der Waals surface area contributed by atoms with Crippen LogP contribution in [-0.2, 0) is 20.9 Å². The minimum Gasteiger partial charge on any atom is -0.492 e. The van der Waals surface area contributed by atoms with Crippen molar-refractivity contribution in [3.05, 3.63) is 64.7 Å². The molecule has 1 aliphatic rings. The van der Waals surface area contributed by atoms with E-state index in [-0.39, 0.29) is 18.2 Å². The number of likely N-dealkylation sites (N-methyl/N-ethyl adjacent to an activating group) is 1. The lowest BCUT2D eigenvalue weighted by molar-refractivity contribution is -0.122. The topological polar surface area (TPSA) is 79.9 Å². The Bertz CT molecular complexity index is 932. The maximum Gasteiger partial charge on any atom is 0.222 e. The highest BCUT2D eigenvalue weighted by Gasteiger charge is 2.19. The van der Waals surface area contributed by atoms with Crippen molar-refractivity contribution in [3.8, 4) is 5.75 Å². The van der Waals surface area contributed by atoms with Crippen molar-refractivity contribution in [2.45, 2.75) is 44.8 Å². The van der Waals surface area contributed by atoms with Crippen LogP contribution in [0.25, 0.3) is 0 Å². The Kier molecular flexibility index (Phi) is 10.2. The molecule has 3 rings (SSSR count). The minimum atomic E-state index is -0.419. The number of rotatable bonds is 11. The Morgan fingerprint density at radius 2 is 1.91 bits per heavy atom. The molecule has 1 heterocycles. The molecule has 0 radical (unpaired) electrons. The zero-order valence-electron chi connectivity index (χ0n) is 19.9.